The molecule has 1 aliphatic carbocycles. The number of ether oxygens (including phenoxy) is 1. The van der Waals surface area contributed by atoms with Crippen molar-refractivity contribution < 1.29 is 9.15 Å². The summed E-state index contributed by atoms with van der Waals surface area (Å²) < 4.78 is 11.4. The number of aromatic nitrogens is 2. The molecule has 0 bridgehead atoms. The van der Waals surface area contributed by atoms with Crippen LogP contribution in [0.5, 0.6) is 5.88 Å². The summed E-state index contributed by atoms with van der Waals surface area (Å²) in [6, 6.07) is 1.82. The Hall–Kier alpha value is -1.78. The van der Waals surface area contributed by atoms with Crippen LogP contribution in [-0.4, -0.2) is 23.1 Å². The van der Waals surface area contributed by atoms with Crippen LogP contribution in [0.1, 0.15) is 32.1 Å². The first-order valence-electron chi connectivity index (χ1n) is 6.46. The maximum atomic E-state index is 5.98. The second-order valence-electron chi connectivity index (χ2n) is 4.62. The number of nitrogens with zero attached hydrogens (tertiary/aromatic N) is 2. The molecular formula is C13H17N3O2. The molecule has 0 aromatic carbocycles. The molecule has 1 aliphatic rings. The van der Waals surface area contributed by atoms with E-state index in [4.69, 9.17) is 9.15 Å². The number of furan rings is 1. The van der Waals surface area contributed by atoms with E-state index in [-0.39, 0.29) is 6.10 Å². The van der Waals surface area contributed by atoms with Gasteiger partial charge in [0.2, 0.25) is 11.5 Å². The zero-order chi connectivity index (χ0) is 12.4. The van der Waals surface area contributed by atoms with Crippen molar-refractivity contribution in [2.45, 2.75) is 38.2 Å². The molecule has 2 aromatic heterocycles. The number of rotatable bonds is 3. The van der Waals surface area contributed by atoms with Crippen LogP contribution >= 0.6 is 0 Å². The van der Waals surface area contributed by atoms with E-state index in [1.165, 1.54) is 19.3 Å². The van der Waals surface area contributed by atoms with Gasteiger partial charge >= 0.3 is 0 Å². The third-order valence-corrected chi connectivity index (χ3v) is 3.33. The van der Waals surface area contributed by atoms with Crippen molar-refractivity contribution in [3.63, 3.8) is 0 Å². The van der Waals surface area contributed by atoms with Gasteiger partial charge in [-0.15, -0.1) is 0 Å². The molecule has 0 spiro atoms. The Kier molecular flexibility index (Phi) is 3.04. The second kappa shape index (κ2) is 4.84. The lowest BCUT2D eigenvalue weighted by Gasteiger charge is -2.22. The predicted octanol–water partition coefficient (Wildman–Crippen LogP) is 2.98. The molecule has 2 aromatic rings. The van der Waals surface area contributed by atoms with Gasteiger partial charge in [-0.2, -0.15) is 4.98 Å². The highest BCUT2D eigenvalue weighted by Crippen LogP contribution is 2.28. The quantitative estimate of drug-likeness (QED) is 0.903. The first-order valence-corrected chi connectivity index (χ1v) is 6.46. The van der Waals surface area contributed by atoms with Crippen molar-refractivity contribution in [2.75, 3.05) is 12.4 Å². The van der Waals surface area contributed by atoms with Gasteiger partial charge in [0.1, 0.15) is 11.6 Å². The molecule has 5 nitrogen and oxygen atoms in total. The van der Waals surface area contributed by atoms with Gasteiger partial charge in [0.25, 0.3) is 5.88 Å². The third-order valence-electron chi connectivity index (χ3n) is 3.33. The molecule has 5 heteroatoms. The maximum Gasteiger partial charge on any atom is 0.263 e. The van der Waals surface area contributed by atoms with Crippen molar-refractivity contribution in [3.05, 3.63) is 12.3 Å². The Morgan fingerprint density at radius 3 is 2.89 bits per heavy atom. The Balaban J connectivity index is 1.91. The fourth-order valence-corrected chi connectivity index (χ4v) is 2.37. The average molecular weight is 247 g/mol. The highest BCUT2D eigenvalue weighted by Gasteiger charge is 2.19. The van der Waals surface area contributed by atoms with E-state index in [1.807, 2.05) is 6.07 Å². The SMILES string of the molecule is CNc1nc(OC2CCCCC2)c2occc2n1. The maximum absolute atomic E-state index is 5.98. The Morgan fingerprint density at radius 1 is 1.28 bits per heavy atom. The molecule has 1 N–H and O–H groups in total. The van der Waals surface area contributed by atoms with Gasteiger partial charge in [-0.25, -0.2) is 4.98 Å². The van der Waals surface area contributed by atoms with Gasteiger partial charge in [0.15, 0.2) is 0 Å². The zero-order valence-corrected chi connectivity index (χ0v) is 10.5. The zero-order valence-electron chi connectivity index (χ0n) is 10.5. The lowest BCUT2D eigenvalue weighted by atomic mass is 9.98. The van der Waals surface area contributed by atoms with E-state index in [0.717, 1.165) is 18.4 Å². The van der Waals surface area contributed by atoms with Gasteiger partial charge in [-0.3, -0.25) is 0 Å². The fourth-order valence-electron chi connectivity index (χ4n) is 2.37. The first-order chi connectivity index (χ1) is 8.86. The Labute approximate surface area is 106 Å². The molecule has 96 valence electrons. The summed E-state index contributed by atoms with van der Waals surface area (Å²) in [5.41, 5.74) is 1.42. The van der Waals surface area contributed by atoms with Crippen molar-refractivity contribution in [1.82, 2.24) is 9.97 Å². The smallest absolute Gasteiger partial charge is 0.263 e. The number of hydrogen-bond donors (Lipinski definition) is 1. The Bertz CT molecular complexity index is 532. The lowest BCUT2D eigenvalue weighted by molar-refractivity contribution is 0.149. The van der Waals surface area contributed by atoms with Crippen LogP contribution in [0, 0.1) is 0 Å². The molecular weight excluding hydrogens is 230 g/mol. The van der Waals surface area contributed by atoms with Gasteiger partial charge in [0, 0.05) is 13.1 Å². The molecule has 0 aliphatic heterocycles. The standard InChI is InChI=1S/C13H17N3O2/c1-14-13-15-10-7-8-17-11(10)12(16-13)18-9-5-3-2-4-6-9/h7-9H,2-6H2,1H3,(H,14,15,16). The minimum atomic E-state index is 0.256. The molecule has 1 saturated carbocycles. The topological polar surface area (TPSA) is 60.2 Å². The molecule has 18 heavy (non-hydrogen) atoms. The van der Waals surface area contributed by atoms with Crippen LogP contribution in [0.4, 0.5) is 5.95 Å². The summed E-state index contributed by atoms with van der Waals surface area (Å²) >= 11 is 0. The molecule has 0 radical (unpaired) electrons. The molecule has 0 amide bonds. The summed E-state index contributed by atoms with van der Waals surface area (Å²) in [5, 5.41) is 2.94. The molecule has 0 atom stereocenters. The van der Waals surface area contributed by atoms with E-state index in [1.54, 1.807) is 13.3 Å². The normalized spacial score (nSPS) is 16.9. The predicted molar refractivity (Wildman–Crippen MR) is 68.9 cm³/mol. The minimum absolute atomic E-state index is 0.256. The number of nitrogens with one attached hydrogen (secondary N) is 1. The average Bonchev–Trinajstić information content (AvgIpc) is 2.88. The molecule has 0 saturated heterocycles. The van der Waals surface area contributed by atoms with E-state index >= 15 is 0 Å². The van der Waals surface area contributed by atoms with Crippen LogP contribution < -0.4 is 10.1 Å². The molecule has 0 unspecified atom stereocenters. The second-order valence-corrected chi connectivity index (χ2v) is 4.62. The summed E-state index contributed by atoms with van der Waals surface area (Å²) in [4.78, 5) is 8.66. The molecule has 2 heterocycles. The van der Waals surface area contributed by atoms with Gasteiger partial charge in [-0.05, 0) is 25.7 Å². The number of anilines is 1. The van der Waals surface area contributed by atoms with Gasteiger partial charge in [0.05, 0.1) is 6.26 Å². The number of hydrogen-bond acceptors (Lipinski definition) is 5. The summed E-state index contributed by atoms with van der Waals surface area (Å²) in [7, 11) is 1.80. The Morgan fingerprint density at radius 2 is 2.11 bits per heavy atom. The van der Waals surface area contributed by atoms with Crippen LogP contribution in [0.2, 0.25) is 0 Å². The van der Waals surface area contributed by atoms with E-state index < -0.39 is 0 Å². The van der Waals surface area contributed by atoms with E-state index in [2.05, 4.69) is 15.3 Å². The third kappa shape index (κ3) is 2.12. The lowest BCUT2D eigenvalue weighted by Crippen LogP contribution is -2.20. The summed E-state index contributed by atoms with van der Waals surface area (Å²) in [6.45, 7) is 0. The van der Waals surface area contributed by atoms with E-state index in [9.17, 15) is 0 Å². The van der Waals surface area contributed by atoms with E-state index in [0.29, 0.717) is 17.4 Å². The molecule has 3 rings (SSSR count). The largest absolute Gasteiger partial charge is 0.472 e. The number of fused-ring (bicyclic) bond motifs is 1. The van der Waals surface area contributed by atoms with Crippen molar-refractivity contribution in [2.24, 2.45) is 0 Å². The monoisotopic (exact) mass is 247 g/mol. The van der Waals surface area contributed by atoms with Gasteiger partial charge < -0.3 is 14.5 Å². The van der Waals surface area contributed by atoms with Crippen LogP contribution in [0.15, 0.2) is 16.7 Å². The first kappa shape index (κ1) is 11.3. The van der Waals surface area contributed by atoms with Gasteiger partial charge in [-0.1, -0.05) is 6.42 Å². The highest BCUT2D eigenvalue weighted by molar-refractivity contribution is 5.78. The van der Waals surface area contributed by atoms with Crippen molar-refractivity contribution in [1.29, 1.82) is 0 Å². The van der Waals surface area contributed by atoms with Crippen LogP contribution in [0.25, 0.3) is 11.1 Å². The minimum Gasteiger partial charge on any atom is -0.472 e. The van der Waals surface area contributed by atoms with Crippen molar-refractivity contribution in [3.8, 4) is 5.88 Å². The fraction of sp³-hybridized carbons (Fsp3) is 0.538. The summed E-state index contributed by atoms with van der Waals surface area (Å²) in [5.74, 6) is 1.12. The highest BCUT2D eigenvalue weighted by atomic mass is 16.5. The van der Waals surface area contributed by atoms with Crippen LogP contribution in [0.3, 0.4) is 0 Å². The molecule has 1 fully saturated rings. The summed E-state index contributed by atoms with van der Waals surface area (Å²) in [6.07, 6.45) is 7.84. The van der Waals surface area contributed by atoms with Crippen molar-refractivity contribution >= 4 is 17.0 Å². The van der Waals surface area contributed by atoms with Crippen LogP contribution in [-0.2, 0) is 0 Å².